The number of aryl methyl sites for hydroxylation is 1. The first-order valence-corrected chi connectivity index (χ1v) is 12.6. The number of halogens is 1. The Morgan fingerprint density at radius 2 is 1.80 bits per heavy atom. The summed E-state index contributed by atoms with van der Waals surface area (Å²) in [4.78, 5) is 19.5. The fourth-order valence-electron chi connectivity index (χ4n) is 4.93. The number of piperazine rings is 1. The lowest BCUT2D eigenvalue weighted by atomic mass is 10.1. The molecule has 1 fully saturated rings. The molecule has 2 aromatic carbocycles. The van der Waals surface area contributed by atoms with E-state index in [0.717, 1.165) is 69.8 Å². The summed E-state index contributed by atoms with van der Waals surface area (Å²) in [5.41, 5.74) is 4.58. The highest BCUT2D eigenvalue weighted by molar-refractivity contribution is 5.97. The van der Waals surface area contributed by atoms with Gasteiger partial charge in [0.25, 0.3) is 0 Å². The van der Waals surface area contributed by atoms with Gasteiger partial charge in [-0.3, -0.25) is 9.69 Å². The second-order valence-corrected chi connectivity index (χ2v) is 9.70. The monoisotopic (exact) mass is 476 g/mol. The lowest BCUT2D eigenvalue weighted by Crippen LogP contribution is -2.48. The average Bonchev–Trinajstić information content (AvgIpc) is 3.12. The van der Waals surface area contributed by atoms with E-state index in [0.29, 0.717) is 0 Å². The molecule has 3 aromatic rings. The number of hydrogen-bond acceptors (Lipinski definition) is 3. The second-order valence-electron chi connectivity index (χ2n) is 9.70. The molecule has 0 atom stereocenters. The van der Waals surface area contributed by atoms with E-state index in [2.05, 4.69) is 59.7 Å². The van der Waals surface area contributed by atoms with Crippen LogP contribution in [0.25, 0.3) is 17.0 Å². The maximum atomic E-state index is 13.4. The van der Waals surface area contributed by atoms with Crippen molar-refractivity contribution in [2.45, 2.75) is 26.3 Å². The number of rotatable bonds is 9. The van der Waals surface area contributed by atoms with Crippen LogP contribution in [0, 0.1) is 12.7 Å². The van der Waals surface area contributed by atoms with Crippen molar-refractivity contribution in [2.24, 2.45) is 0 Å². The Morgan fingerprint density at radius 3 is 2.54 bits per heavy atom. The van der Waals surface area contributed by atoms with Crippen LogP contribution in [0.1, 0.15) is 23.2 Å². The van der Waals surface area contributed by atoms with Gasteiger partial charge in [-0.05, 0) is 70.2 Å². The molecule has 1 saturated heterocycles. The average molecular weight is 477 g/mol. The maximum absolute atomic E-state index is 13.4. The molecule has 2 heterocycles. The van der Waals surface area contributed by atoms with E-state index in [1.807, 2.05) is 17.0 Å². The molecule has 1 aliphatic heterocycles. The highest BCUT2D eigenvalue weighted by Crippen LogP contribution is 2.27. The summed E-state index contributed by atoms with van der Waals surface area (Å²) in [7, 11) is 4.20. The van der Waals surface area contributed by atoms with E-state index in [1.165, 1.54) is 22.7 Å². The number of nitrogens with zero attached hydrogens (tertiary/aromatic N) is 4. The molecule has 0 radical (unpaired) electrons. The minimum Gasteiger partial charge on any atom is -0.344 e. The molecule has 0 spiro atoms. The first kappa shape index (κ1) is 25.1. The molecule has 1 aromatic heterocycles. The third-order valence-electron chi connectivity index (χ3n) is 6.95. The Bertz CT molecular complexity index is 1170. The lowest BCUT2D eigenvalue weighted by Gasteiger charge is -2.34. The largest absolute Gasteiger partial charge is 0.344 e. The van der Waals surface area contributed by atoms with Gasteiger partial charge in [0.15, 0.2) is 0 Å². The minimum absolute atomic E-state index is 0.0682. The van der Waals surface area contributed by atoms with Gasteiger partial charge < -0.3 is 14.4 Å². The van der Waals surface area contributed by atoms with Gasteiger partial charge in [0.1, 0.15) is 5.82 Å². The van der Waals surface area contributed by atoms with Crippen molar-refractivity contribution in [1.82, 2.24) is 19.3 Å². The third kappa shape index (κ3) is 6.38. The highest BCUT2D eigenvalue weighted by Gasteiger charge is 2.20. The summed E-state index contributed by atoms with van der Waals surface area (Å²) in [5, 5.41) is 1.20. The number of carbonyl (C=O) groups excluding carboxylic acids is 1. The van der Waals surface area contributed by atoms with Crippen LogP contribution in [-0.4, -0.2) is 78.5 Å². The Kier molecular flexibility index (Phi) is 8.37. The molecule has 0 aliphatic carbocycles. The first-order chi connectivity index (χ1) is 16.9. The number of aromatic nitrogens is 1. The van der Waals surface area contributed by atoms with E-state index >= 15 is 0 Å². The van der Waals surface area contributed by atoms with E-state index in [1.54, 1.807) is 18.2 Å². The Hall–Kier alpha value is -2.96. The number of amides is 1. The van der Waals surface area contributed by atoms with Crippen LogP contribution in [0.4, 0.5) is 4.39 Å². The molecule has 0 unspecified atom stereocenters. The zero-order chi connectivity index (χ0) is 24.8. The molecular weight excluding hydrogens is 439 g/mol. The summed E-state index contributed by atoms with van der Waals surface area (Å²) in [6.45, 7) is 8.17. The molecule has 4 rings (SSSR count). The van der Waals surface area contributed by atoms with Gasteiger partial charge in [-0.25, -0.2) is 4.39 Å². The van der Waals surface area contributed by atoms with Gasteiger partial charge in [-0.15, -0.1) is 0 Å². The van der Waals surface area contributed by atoms with Crippen molar-refractivity contribution in [2.75, 3.05) is 53.4 Å². The SMILES string of the molecule is Cc1c(/C=C/C(=O)N2CCN(CCc3cccc(F)c3)CC2)c2ccccc2n1CCCN(C)C. The summed E-state index contributed by atoms with van der Waals surface area (Å²) in [6.07, 6.45) is 5.64. The fraction of sp³-hybridized carbons (Fsp3) is 0.414. The van der Waals surface area contributed by atoms with Crippen LogP contribution in [0.5, 0.6) is 0 Å². The smallest absolute Gasteiger partial charge is 0.246 e. The predicted octanol–water partition coefficient (Wildman–Crippen LogP) is 4.44. The molecule has 0 N–H and O–H groups in total. The number of fused-ring (bicyclic) bond motifs is 1. The molecule has 6 heteroatoms. The standard InChI is InChI=1S/C29H37FN4O/c1-23-26(27-10-4-5-11-28(27)34(23)16-7-15-31(2)3)12-13-29(35)33-20-18-32(19-21-33)17-14-24-8-6-9-25(30)22-24/h4-6,8-13,22H,7,14-21H2,1-3H3/b13-12+. The Morgan fingerprint density at radius 1 is 1.03 bits per heavy atom. The summed E-state index contributed by atoms with van der Waals surface area (Å²) < 4.78 is 15.8. The second kappa shape index (κ2) is 11.6. The van der Waals surface area contributed by atoms with Crippen molar-refractivity contribution in [1.29, 1.82) is 0 Å². The van der Waals surface area contributed by atoms with E-state index in [9.17, 15) is 9.18 Å². The normalized spacial score (nSPS) is 15.1. The Labute approximate surface area is 208 Å². The van der Waals surface area contributed by atoms with Crippen molar-refractivity contribution in [3.8, 4) is 0 Å². The zero-order valence-electron chi connectivity index (χ0n) is 21.2. The Balaban J connectivity index is 1.36. The van der Waals surface area contributed by atoms with E-state index in [4.69, 9.17) is 0 Å². The van der Waals surface area contributed by atoms with Gasteiger partial charge in [-0.2, -0.15) is 0 Å². The number of para-hydroxylation sites is 1. The van der Waals surface area contributed by atoms with Crippen LogP contribution in [0.15, 0.2) is 54.6 Å². The maximum Gasteiger partial charge on any atom is 0.246 e. The van der Waals surface area contributed by atoms with Gasteiger partial charge in [0, 0.05) is 67.5 Å². The van der Waals surface area contributed by atoms with E-state index < -0.39 is 0 Å². The highest BCUT2D eigenvalue weighted by atomic mass is 19.1. The molecule has 0 bridgehead atoms. The molecule has 186 valence electrons. The van der Waals surface area contributed by atoms with Crippen molar-refractivity contribution in [3.05, 3.63) is 77.2 Å². The van der Waals surface area contributed by atoms with Gasteiger partial charge in [-0.1, -0.05) is 30.3 Å². The summed E-state index contributed by atoms with van der Waals surface area (Å²) >= 11 is 0. The van der Waals surface area contributed by atoms with Gasteiger partial charge in [0.05, 0.1) is 0 Å². The number of benzene rings is 2. The lowest BCUT2D eigenvalue weighted by molar-refractivity contribution is -0.127. The summed E-state index contributed by atoms with van der Waals surface area (Å²) in [6, 6.07) is 15.3. The molecule has 0 saturated carbocycles. The molecule has 1 amide bonds. The van der Waals surface area contributed by atoms with Crippen molar-refractivity contribution < 1.29 is 9.18 Å². The van der Waals surface area contributed by atoms with Gasteiger partial charge >= 0.3 is 0 Å². The zero-order valence-corrected chi connectivity index (χ0v) is 21.2. The van der Waals surface area contributed by atoms with Crippen LogP contribution in [0.2, 0.25) is 0 Å². The summed E-state index contributed by atoms with van der Waals surface area (Å²) in [5.74, 6) is -0.116. The molecule has 1 aliphatic rings. The predicted molar refractivity (Wildman–Crippen MR) is 142 cm³/mol. The van der Waals surface area contributed by atoms with Crippen LogP contribution >= 0.6 is 0 Å². The van der Waals surface area contributed by atoms with Crippen molar-refractivity contribution >= 4 is 22.9 Å². The fourth-order valence-corrected chi connectivity index (χ4v) is 4.93. The van der Waals surface area contributed by atoms with Crippen LogP contribution in [-0.2, 0) is 17.8 Å². The van der Waals surface area contributed by atoms with Crippen molar-refractivity contribution in [3.63, 3.8) is 0 Å². The molecule has 5 nitrogen and oxygen atoms in total. The van der Waals surface area contributed by atoms with Crippen LogP contribution < -0.4 is 0 Å². The van der Waals surface area contributed by atoms with Crippen LogP contribution in [0.3, 0.4) is 0 Å². The molecular formula is C29H37FN4O. The minimum atomic E-state index is -0.184. The topological polar surface area (TPSA) is 31.7 Å². The number of hydrogen-bond donors (Lipinski definition) is 0. The van der Waals surface area contributed by atoms with Gasteiger partial charge in [0.2, 0.25) is 5.91 Å². The quantitative estimate of drug-likeness (QED) is 0.428. The first-order valence-electron chi connectivity index (χ1n) is 12.6. The number of carbonyl (C=O) groups is 1. The third-order valence-corrected chi connectivity index (χ3v) is 6.95. The van der Waals surface area contributed by atoms with E-state index in [-0.39, 0.29) is 11.7 Å². The molecule has 35 heavy (non-hydrogen) atoms.